The first-order chi connectivity index (χ1) is 9.25. The van der Waals surface area contributed by atoms with Crippen LogP contribution in [0.3, 0.4) is 0 Å². The lowest BCUT2D eigenvalue weighted by Crippen LogP contribution is -2.08. The maximum atomic E-state index is 6.27. The van der Waals surface area contributed by atoms with Crippen molar-refractivity contribution in [2.24, 2.45) is 5.92 Å². The van der Waals surface area contributed by atoms with Crippen molar-refractivity contribution in [1.29, 1.82) is 0 Å². The average molecular weight is 295 g/mol. The van der Waals surface area contributed by atoms with Crippen LogP contribution in [0.4, 0.5) is 0 Å². The molecule has 3 rings (SSSR count). The van der Waals surface area contributed by atoms with Crippen LogP contribution in [0.15, 0.2) is 30.6 Å². The van der Waals surface area contributed by atoms with Crippen molar-refractivity contribution >= 4 is 23.2 Å². The minimum atomic E-state index is 0.659. The van der Waals surface area contributed by atoms with E-state index in [1.165, 1.54) is 25.7 Å². The fourth-order valence-electron chi connectivity index (χ4n) is 2.87. The number of rotatable bonds is 3. The molecule has 100 valence electrons. The number of hydrogen-bond donors (Lipinski definition) is 0. The van der Waals surface area contributed by atoms with E-state index in [9.17, 15) is 0 Å². The maximum absolute atomic E-state index is 6.27. The molecule has 0 unspecified atom stereocenters. The highest BCUT2D eigenvalue weighted by atomic mass is 35.5. The molecule has 1 aliphatic rings. The van der Waals surface area contributed by atoms with Gasteiger partial charge in [-0.25, -0.2) is 4.98 Å². The first kappa shape index (κ1) is 13.0. The van der Waals surface area contributed by atoms with E-state index in [0.717, 1.165) is 23.9 Å². The van der Waals surface area contributed by atoms with Gasteiger partial charge in [0.15, 0.2) is 0 Å². The van der Waals surface area contributed by atoms with Crippen LogP contribution in [0.5, 0.6) is 0 Å². The van der Waals surface area contributed by atoms with Crippen LogP contribution in [0, 0.1) is 5.92 Å². The molecule has 19 heavy (non-hydrogen) atoms. The molecule has 0 amide bonds. The molecule has 1 aliphatic carbocycles. The summed E-state index contributed by atoms with van der Waals surface area (Å²) in [5, 5.41) is 1.32. The van der Waals surface area contributed by atoms with Crippen LogP contribution in [-0.2, 0) is 6.54 Å². The van der Waals surface area contributed by atoms with Crippen LogP contribution in [0.1, 0.15) is 25.7 Å². The molecule has 0 radical (unpaired) electrons. The summed E-state index contributed by atoms with van der Waals surface area (Å²) in [6.07, 6.45) is 9.17. The van der Waals surface area contributed by atoms with Crippen molar-refractivity contribution in [3.8, 4) is 11.4 Å². The summed E-state index contributed by atoms with van der Waals surface area (Å²) in [5.74, 6) is 1.64. The minimum Gasteiger partial charge on any atom is -0.331 e. The van der Waals surface area contributed by atoms with E-state index in [-0.39, 0.29) is 0 Å². The second kappa shape index (κ2) is 5.56. The summed E-state index contributed by atoms with van der Waals surface area (Å²) in [6, 6.07) is 5.58. The third kappa shape index (κ3) is 2.65. The Kier molecular flexibility index (Phi) is 3.81. The molecule has 0 N–H and O–H groups in total. The van der Waals surface area contributed by atoms with Gasteiger partial charge in [-0.1, -0.05) is 42.1 Å². The van der Waals surface area contributed by atoms with E-state index in [4.69, 9.17) is 23.2 Å². The van der Waals surface area contributed by atoms with Crippen molar-refractivity contribution < 1.29 is 0 Å². The molecule has 2 nitrogen and oxygen atoms in total. The summed E-state index contributed by atoms with van der Waals surface area (Å²) in [5.41, 5.74) is 0.842. The highest BCUT2D eigenvalue weighted by molar-refractivity contribution is 6.38. The summed E-state index contributed by atoms with van der Waals surface area (Å²) in [4.78, 5) is 4.44. The molecule has 4 heteroatoms. The first-order valence-electron chi connectivity index (χ1n) is 6.71. The van der Waals surface area contributed by atoms with Gasteiger partial charge >= 0.3 is 0 Å². The van der Waals surface area contributed by atoms with Gasteiger partial charge in [-0.05, 0) is 30.9 Å². The second-order valence-electron chi connectivity index (χ2n) is 5.15. The van der Waals surface area contributed by atoms with Crippen molar-refractivity contribution in [1.82, 2.24) is 9.55 Å². The third-order valence-corrected chi connectivity index (χ3v) is 4.46. The van der Waals surface area contributed by atoms with Gasteiger partial charge in [-0.3, -0.25) is 0 Å². The molecule has 0 atom stereocenters. The summed E-state index contributed by atoms with van der Waals surface area (Å²) < 4.78 is 2.18. The van der Waals surface area contributed by atoms with Gasteiger partial charge in [0, 0.05) is 18.9 Å². The van der Waals surface area contributed by atoms with Crippen molar-refractivity contribution in [3.05, 3.63) is 40.6 Å². The summed E-state index contributed by atoms with van der Waals surface area (Å²) in [6.45, 7) is 1.01. The standard InChI is InChI=1S/C15H16Cl2N2/c16-12-6-3-7-13(17)14(12)15-18-8-9-19(15)10-11-4-1-2-5-11/h3,6-9,11H,1-2,4-5,10H2. The van der Waals surface area contributed by atoms with E-state index in [2.05, 4.69) is 9.55 Å². The molecule has 0 saturated heterocycles. The SMILES string of the molecule is Clc1cccc(Cl)c1-c1nccn1CC1CCCC1. The van der Waals surface area contributed by atoms with Crippen molar-refractivity contribution in [2.75, 3.05) is 0 Å². The number of nitrogens with zero attached hydrogens (tertiary/aromatic N) is 2. The quantitative estimate of drug-likeness (QED) is 0.775. The van der Waals surface area contributed by atoms with Gasteiger partial charge in [0.1, 0.15) is 5.82 Å². The zero-order chi connectivity index (χ0) is 13.2. The Morgan fingerprint density at radius 1 is 1.16 bits per heavy atom. The molecule has 1 fully saturated rings. The Morgan fingerprint density at radius 3 is 2.53 bits per heavy atom. The Morgan fingerprint density at radius 2 is 1.84 bits per heavy atom. The molecule has 1 saturated carbocycles. The average Bonchev–Trinajstić information content (AvgIpc) is 3.02. The van der Waals surface area contributed by atoms with Gasteiger partial charge in [-0.2, -0.15) is 0 Å². The largest absolute Gasteiger partial charge is 0.331 e. The topological polar surface area (TPSA) is 17.8 Å². The Hall–Kier alpha value is -0.990. The van der Waals surface area contributed by atoms with E-state index in [1.54, 1.807) is 0 Å². The fraction of sp³-hybridized carbons (Fsp3) is 0.400. The lowest BCUT2D eigenvalue weighted by atomic mass is 10.1. The molecular weight excluding hydrogens is 279 g/mol. The lowest BCUT2D eigenvalue weighted by Gasteiger charge is -2.14. The molecule has 1 aromatic heterocycles. The Balaban J connectivity index is 1.95. The van der Waals surface area contributed by atoms with E-state index in [1.807, 2.05) is 30.6 Å². The molecule has 0 bridgehead atoms. The molecule has 0 aliphatic heterocycles. The van der Waals surface area contributed by atoms with Crippen molar-refractivity contribution in [3.63, 3.8) is 0 Å². The van der Waals surface area contributed by atoms with E-state index in [0.29, 0.717) is 10.0 Å². The number of hydrogen-bond acceptors (Lipinski definition) is 1. The van der Waals surface area contributed by atoms with Gasteiger partial charge in [0.25, 0.3) is 0 Å². The lowest BCUT2D eigenvalue weighted by molar-refractivity contribution is 0.460. The van der Waals surface area contributed by atoms with Crippen LogP contribution in [0.25, 0.3) is 11.4 Å². The minimum absolute atomic E-state index is 0.659. The van der Waals surface area contributed by atoms with Gasteiger partial charge in [-0.15, -0.1) is 0 Å². The van der Waals surface area contributed by atoms with Crippen LogP contribution < -0.4 is 0 Å². The van der Waals surface area contributed by atoms with Gasteiger partial charge in [0.05, 0.1) is 15.6 Å². The Bertz CT molecular complexity index is 551. The van der Waals surface area contributed by atoms with Crippen molar-refractivity contribution in [2.45, 2.75) is 32.2 Å². The smallest absolute Gasteiger partial charge is 0.142 e. The van der Waals surface area contributed by atoms with E-state index >= 15 is 0 Å². The third-order valence-electron chi connectivity index (χ3n) is 3.83. The highest BCUT2D eigenvalue weighted by Crippen LogP contribution is 2.34. The molecule has 1 heterocycles. The molecule has 2 aromatic rings. The predicted molar refractivity (Wildman–Crippen MR) is 79.6 cm³/mol. The summed E-state index contributed by atoms with van der Waals surface area (Å²) >= 11 is 12.5. The predicted octanol–water partition coefficient (Wildman–Crippen LogP) is 5.05. The number of halogens is 2. The highest BCUT2D eigenvalue weighted by Gasteiger charge is 2.19. The van der Waals surface area contributed by atoms with Crippen LogP contribution >= 0.6 is 23.2 Å². The van der Waals surface area contributed by atoms with Gasteiger partial charge in [0.2, 0.25) is 0 Å². The molecule has 1 aromatic carbocycles. The zero-order valence-electron chi connectivity index (χ0n) is 10.6. The summed E-state index contributed by atoms with van der Waals surface area (Å²) in [7, 11) is 0. The second-order valence-corrected chi connectivity index (χ2v) is 5.96. The Labute approximate surface area is 123 Å². The zero-order valence-corrected chi connectivity index (χ0v) is 12.2. The molecular formula is C15H16Cl2N2. The fourth-order valence-corrected chi connectivity index (χ4v) is 3.43. The van der Waals surface area contributed by atoms with E-state index < -0.39 is 0 Å². The van der Waals surface area contributed by atoms with Crippen LogP contribution in [-0.4, -0.2) is 9.55 Å². The monoisotopic (exact) mass is 294 g/mol. The first-order valence-corrected chi connectivity index (χ1v) is 7.47. The van der Waals surface area contributed by atoms with Gasteiger partial charge < -0.3 is 4.57 Å². The number of benzene rings is 1. The van der Waals surface area contributed by atoms with Crippen LogP contribution in [0.2, 0.25) is 10.0 Å². The maximum Gasteiger partial charge on any atom is 0.142 e. The molecule has 0 spiro atoms. The number of imidazole rings is 1. The number of aromatic nitrogens is 2. The normalized spacial score (nSPS) is 16.1.